The van der Waals surface area contributed by atoms with E-state index in [1.807, 2.05) is 53.6 Å². The SMILES string of the molecule is CC(C)(C)OC(=O)NCCCCC(=O)N1CCC(n2cc(-c3cnc4cccc(-c5cc(F)c(CN6CCOCC6)c(F)c5)c4n3)cn2)CC1. The summed E-state index contributed by atoms with van der Waals surface area (Å²) in [4.78, 5) is 38.0. The number of nitrogens with zero attached hydrogens (tertiary/aromatic N) is 6. The fourth-order valence-corrected chi connectivity index (χ4v) is 6.41. The highest BCUT2D eigenvalue weighted by Gasteiger charge is 2.25. The Hall–Kier alpha value is -4.49. The lowest BCUT2D eigenvalue weighted by atomic mass is 10.0. The van der Waals surface area contributed by atoms with Crippen molar-refractivity contribution in [3.63, 3.8) is 0 Å². The Morgan fingerprint density at radius 1 is 1.00 bits per heavy atom. The van der Waals surface area contributed by atoms with Crippen LogP contribution in [0.25, 0.3) is 33.4 Å². The number of benzene rings is 2. The van der Waals surface area contributed by atoms with Crippen LogP contribution in [0.4, 0.5) is 13.6 Å². The third-order valence-corrected chi connectivity index (χ3v) is 9.08. The van der Waals surface area contributed by atoms with Crippen molar-refractivity contribution in [2.75, 3.05) is 45.9 Å². The maximum Gasteiger partial charge on any atom is 0.407 e. The molecule has 2 aromatic carbocycles. The molecule has 0 bridgehead atoms. The number of morpholine rings is 1. The number of likely N-dealkylation sites (tertiary alicyclic amines) is 1. The van der Waals surface area contributed by atoms with E-state index < -0.39 is 23.3 Å². The van der Waals surface area contributed by atoms with Crippen LogP contribution in [0, 0.1) is 11.6 Å². The highest BCUT2D eigenvalue weighted by Crippen LogP contribution is 2.32. The van der Waals surface area contributed by atoms with Gasteiger partial charge in [0.2, 0.25) is 5.91 Å². The summed E-state index contributed by atoms with van der Waals surface area (Å²) in [7, 11) is 0. The molecular weight excluding hydrogens is 644 g/mol. The first-order valence-electron chi connectivity index (χ1n) is 17.4. The van der Waals surface area contributed by atoms with Gasteiger partial charge >= 0.3 is 6.09 Å². The number of halogens is 2. The second-order valence-electron chi connectivity index (χ2n) is 13.9. The smallest absolute Gasteiger partial charge is 0.407 e. The summed E-state index contributed by atoms with van der Waals surface area (Å²) in [6.07, 6.45) is 8.32. The molecule has 11 nitrogen and oxygen atoms in total. The summed E-state index contributed by atoms with van der Waals surface area (Å²) in [5, 5.41) is 7.35. The van der Waals surface area contributed by atoms with Gasteiger partial charge < -0.3 is 19.7 Å². The first-order chi connectivity index (χ1) is 24.0. The Morgan fingerprint density at radius 2 is 1.74 bits per heavy atom. The average Bonchev–Trinajstić information content (AvgIpc) is 3.59. The highest BCUT2D eigenvalue weighted by atomic mass is 19.1. The number of amides is 2. The van der Waals surface area contributed by atoms with Gasteiger partial charge in [0, 0.05) is 68.6 Å². The third kappa shape index (κ3) is 8.80. The molecule has 0 radical (unpaired) electrons. The van der Waals surface area contributed by atoms with Gasteiger partial charge in [0.05, 0.1) is 48.4 Å². The number of unbranched alkanes of at least 4 members (excludes halogenated alkanes) is 1. The lowest BCUT2D eigenvalue weighted by molar-refractivity contribution is -0.132. The van der Waals surface area contributed by atoms with Crippen LogP contribution in [0.5, 0.6) is 0 Å². The summed E-state index contributed by atoms with van der Waals surface area (Å²) < 4.78 is 43.1. The number of para-hydroxylation sites is 1. The minimum Gasteiger partial charge on any atom is -0.444 e. The molecule has 0 saturated carbocycles. The molecule has 2 aliphatic rings. The van der Waals surface area contributed by atoms with Gasteiger partial charge in [-0.05, 0) is 70.2 Å². The number of alkyl carbamates (subject to hydrolysis) is 1. The van der Waals surface area contributed by atoms with E-state index in [1.54, 1.807) is 18.5 Å². The van der Waals surface area contributed by atoms with Gasteiger partial charge in [0.25, 0.3) is 0 Å². The van der Waals surface area contributed by atoms with Crippen molar-refractivity contribution in [1.82, 2.24) is 34.9 Å². The van der Waals surface area contributed by atoms with Crippen molar-refractivity contribution >= 4 is 23.0 Å². The second-order valence-corrected chi connectivity index (χ2v) is 13.9. The van der Waals surface area contributed by atoms with Crippen LogP contribution in [-0.4, -0.2) is 93.1 Å². The Balaban J connectivity index is 1.06. The number of hydrogen-bond donors (Lipinski definition) is 1. The monoisotopic (exact) mass is 689 g/mol. The maximum absolute atomic E-state index is 15.3. The summed E-state index contributed by atoms with van der Waals surface area (Å²) in [5.41, 5.74) is 3.06. The first-order valence-corrected chi connectivity index (χ1v) is 17.4. The quantitative estimate of drug-likeness (QED) is 0.198. The van der Waals surface area contributed by atoms with Crippen LogP contribution in [0.15, 0.2) is 48.9 Å². The zero-order valence-electron chi connectivity index (χ0n) is 29.0. The van der Waals surface area contributed by atoms with E-state index in [4.69, 9.17) is 14.5 Å². The summed E-state index contributed by atoms with van der Waals surface area (Å²) in [6, 6.07) is 8.33. The van der Waals surface area contributed by atoms with Crippen LogP contribution < -0.4 is 5.32 Å². The lowest BCUT2D eigenvalue weighted by Crippen LogP contribution is -2.39. The predicted molar refractivity (Wildman–Crippen MR) is 185 cm³/mol. The van der Waals surface area contributed by atoms with Crippen LogP contribution in [0.3, 0.4) is 0 Å². The molecule has 2 aromatic heterocycles. The predicted octanol–water partition coefficient (Wildman–Crippen LogP) is 6.13. The van der Waals surface area contributed by atoms with Crippen molar-refractivity contribution in [3.8, 4) is 22.4 Å². The van der Waals surface area contributed by atoms with Crippen LogP contribution in [0.2, 0.25) is 0 Å². The van der Waals surface area contributed by atoms with Gasteiger partial charge in [0.1, 0.15) is 17.2 Å². The van der Waals surface area contributed by atoms with E-state index >= 15 is 8.78 Å². The molecule has 2 aliphatic heterocycles. The fourth-order valence-electron chi connectivity index (χ4n) is 6.41. The molecule has 2 fully saturated rings. The van der Waals surface area contributed by atoms with E-state index in [0.717, 1.165) is 18.4 Å². The topological polar surface area (TPSA) is 115 Å². The van der Waals surface area contributed by atoms with E-state index in [1.165, 1.54) is 12.1 Å². The molecule has 4 heterocycles. The van der Waals surface area contributed by atoms with Gasteiger partial charge in [-0.2, -0.15) is 5.10 Å². The minimum atomic E-state index is -0.589. The molecule has 50 heavy (non-hydrogen) atoms. The highest BCUT2D eigenvalue weighted by molar-refractivity contribution is 5.92. The lowest BCUT2D eigenvalue weighted by Gasteiger charge is -2.32. The van der Waals surface area contributed by atoms with Gasteiger partial charge in [0.15, 0.2) is 0 Å². The first kappa shape index (κ1) is 35.3. The fraction of sp³-hybridized carbons (Fsp3) is 0.486. The van der Waals surface area contributed by atoms with Crippen molar-refractivity contribution < 1.29 is 27.8 Å². The van der Waals surface area contributed by atoms with E-state index in [9.17, 15) is 9.59 Å². The van der Waals surface area contributed by atoms with Crippen molar-refractivity contribution in [2.24, 2.45) is 0 Å². The Morgan fingerprint density at radius 3 is 2.46 bits per heavy atom. The number of piperidine rings is 1. The van der Waals surface area contributed by atoms with Gasteiger partial charge in [-0.15, -0.1) is 0 Å². The van der Waals surface area contributed by atoms with Gasteiger partial charge in [-0.3, -0.25) is 19.4 Å². The van der Waals surface area contributed by atoms with Crippen molar-refractivity contribution in [3.05, 3.63) is 66.1 Å². The number of fused-ring (bicyclic) bond motifs is 1. The summed E-state index contributed by atoms with van der Waals surface area (Å²) in [6.45, 7) is 9.78. The van der Waals surface area contributed by atoms with Crippen LogP contribution in [-0.2, 0) is 20.8 Å². The number of ether oxygens (including phenoxy) is 2. The average molecular weight is 690 g/mol. The number of carbonyl (C=O) groups is 2. The Bertz CT molecular complexity index is 1790. The number of nitrogens with one attached hydrogen (secondary N) is 1. The number of carbonyl (C=O) groups excluding carboxylic acids is 2. The molecule has 266 valence electrons. The molecule has 0 atom stereocenters. The van der Waals surface area contributed by atoms with Crippen LogP contribution >= 0.6 is 0 Å². The molecular formula is C37H45F2N7O4. The molecule has 2 amide bonds. The number of hydrogen-bond acceptors (Lipinski definition) is 8. The van der Waals surface area contributed by atoms with Crippen molar-refractivity contribution in [1.29, 1.82) is 0 Å². The minimum absolute atomic E-state index is 0.0509. The molecule has 6 rings (SSSR count). The molecule has 0 aliphatic carbocycles. The zero-order valence-corrected chi connectivity index (χ0v) is 29.0. The van der Waals surface area contributed by atoms with E-state index in [0.29, 0.717) is 93.1 Å². The number of aromatic nitrogens is 4. The van der Waals surface area contributed by atoms with E-state index in [2.05, 4.69) is 15.4 Å². The molecule has 13 heteroatoms. The van der Waals surface area contributed by atoms with E-state index in [-0.39, 0.29) is 24.1 Å². The Kier molecular flexibility index (Phi) is 11.0. The zero-order chi connectivity index (χ0) is 35.3. The largest absolute Gasteiger partial charge is 0.444 e. The normalized spacial score (nSPS) is 16.1. The molecule has 4 aromatic rings. The summed E-state index contributed by atoms with van der Waals surface area (Å²) in [5.74, 6) is -1.06. The van der Waals surface area contributed by atoms with Gasteiger partial charge in [-0.1, -0.05) is 12.1 Å². The molecule has 0 spiro atoms. The Labute approximate surface area is 291 Å². The third-order valence-electron chi connectivity index (χ3n) is 9.08. The number of rotatable bonds is 10. The molecule has 2 saturated heterocycles. The maximum atomic E-state index is 15.3. The molecule has 1 N–H and O–H groups in total. The van der Waals surface area contributed by atoms with Crippen LogP contribution in [0.1, 0.15) is 64.5 Å². The van der Waals surface area contributed by atoms with Gasteiger partial charge in [-0.25, -0.2) is 18.6 Å². The second kappa shape index (κ2) is 15.6. The van der Waals surface area contributed by atoms with Crippen molar-refractivity contribution in [2.45, 2.75) is 71.1 Å². The standard InChI is InChI=1S/C37H45F2N7O4/c1-37(2,3)50-36(48)40-12-5-4-9-34(47)45-13-10-27(11-14-45)46-23-26(21-42-46)33-22-41-32-8-6-7-28(35(32)43-33)25-19-30(38)29(31(39)20-25)24-44-15-17-49-18-16-44/h6-8,19-23,27H,4-5,9-18,24H2,1-3H3,(H,40,48). The summed E-state index contributed by atoms with van der Waals surface area (Å²) >= 11 is 0. The molecule has 0 unspecified atom stereocenters.